The van der Waals surface area contributed by atoms with Crippen LogP contribution in [0.25, 0.3) is 0 Å². The molecular formula is C27H30O6S2. The number of carbonyl (C=O) groups is 1. The molecule has 8 heteroatoms. The number of rotatable bonds is 12. The van der Waals surface area contributed by atoms with Crippen LogP contribution in [0.4, 0.5) is 0 Å². The molecule has 0 fully saturated rings. The van der Waals surface area contributed by atoms with Gasteiger partial charge < -0.3 is 23.7 Å². The summed E-state index contributed by atoms with van der Waals surface area (Å²) in [5, 5.41) is 0. The fourth-order valence-corrected chi connectivity index (χ4v) is 6.65. The van der Waals surface area contributed by atoms with Crippen LogP contribution in [0, 0.1) is 0 Å². The normalized spacial score (nSPS) is 11.0. The Hall–Kier alpha value is -2.97. The van der Waals surface area contributed by atoms with E-state index in [0.717, 1.165) is 15.4 Å². The van der Waals surface area contributed by atoms with Gasteiger partial charge in [0.15, 0.2) is 0 Å². The lowest BCUT2D eigenvalue weighted by atomic mass is 10.1. The van der Waals surface area contributed by atoms with Crippen molar-refractivity contribution in [2.45, 2.75) is 27.2 Å². The number of methoxy groups -OCH3 is 4. The molecule has 0 radical (unpaired) electrons. The summed E-state index contributed by atoms with van der Waals surface area (Å²) in [5.41, 5.74) is 0.942. The molecule has 3 aromatic rings. The number of carbonyl (C=O) groups excluding carboxylic acids is 1. The maximum atomic E-state index is 13.0. The Bertz CT molecular complexity index is 1060. The van der Waals surface area contributed by atoms with E-state index in [9.17, 15) is 4.79 Å². The van der Waals surface area contributed by atoms with Gasteiger partial charge in [0.25, 0.3) is 0 Å². The van der Waals surface area contributed by atoms with Crippen molar-refractivity contribution < 1.29 is 28.5 Å². The second-order valence-corrected chi connectivity index (χ2v) is 10.3. The highest BCUT2D eigenvalue weighted by Crippen LogP contribution is 2.58. The molecule has 0 N–H and O–H groups in total. The molecule has 35 heavy (non-hydrogen) atoms. The Balaban J connectivity index is 2.22. The molecule has 0 amide bonds. The van der Waals surface area contributed by atoms with E-state index in [4.69, 9.17) is 23.7 Å². The molecule has 0 aliphatic heterocycles. The molecule has 0 aliphatic rings. The van der Waals surface area contributed by atoms with Gasteiger partial charge in [-0.2, -0.15) is 0 Å². The first-order valence-corrected chi connectivity index (χ1v) is 12.6. The van der Waals surface area contributed by atoms with Gasteiger partial charge in [0, 0.05) is 0 Å². The Kier molecular flexibility index (Phi) is 9.63. The number of ether oxygens (including phenoxy) is 5. The standard InChI is InChI=1S/C27H30O6S2/c1-6-33-26(28)18-27(19-10-8-7-9-11-19,34-24-16-20(29-2)12-14-22(24)31-4)35-25-17-21(30-3)13-15-23(25)32-5/h7-17H,6,18H2,1-5H3. The average Bonchev–Trinajstić information content (AvgIpc) is 2.89. The molecule has 0 heterocycles. The first kappa shape index (κ1) is 26.6. The van der Waals surface area contributed by atoms with Crippen LogP contribution < -0.4 is 18.9 Å². The van der Waals surface area contributed by atoms with Crippen molar-refractivity contribution in [1.82, 2.24) is 0 Å². The van der Waals surface area contributed by atoms with Gasteiger partial charge in [-0.3, -0.25) is 4.79 Å². The van der Waals surface area contributed by atoms with Crippen LogP contribution in [-0.2, 0) is 13.6 Å². The molecule has 0 saturated carbocycles. The summed E-state index contributed by atoms with van der Waals surface area (Å²) < 4.78 is 26.9. The van der Waals surface area contributed by atoms with Gasteiger partial charge in [-0.1, -0.05) is 53.9 Å². The van der Waals surface area contributed by atoms with Crippen LogP contribution in [0.5, 0.6) is 23.0 Å². The second kappa shape index (κ2) is 12.7. The van der Waals surface area contributed by atoms with Gasteiger partial charge in [0.2, 0.25) is 0 Å². The molecule has 3 rings (SSSR count). The van der Waals surface area contributed by atoms with E-state index in [1.807, 2.05) is 66.7 Å². The van der Waals surface area contributed by atoms with Crippen molar-refractivity contribution in [2.75, 3.05) is 35.0 Å². The molecule has 0 aromatic heterocycles. The first-order chi connectivity index (χ1) is 17.0. The monoisotopic (exact) mass is 514 g/mol. The van der Waals surface area contributed by atoms with Crippen LogP contribution in [-0.4, -0.2) is 41.0 Å². The number of thioether (sulfide) groups is 2. The Labute approximate surface area is 215 Å². The average molecular weight is 515 g/mol. The lowest BCUT2D eigenvalue weighted by Crippen LogP contribution is -2.24. The summed E-state index contributed by atoms with van der Waals surface area (Å²) in [7, 11) is 6.49. The molecule has 0 unspecified atom stereocenters. The topological polar surface area (TPSA) is 63.2 Å². The van der Waals surface area contributed by atoms with Crippen molar-refractivity contribution in [2.24, 2.45) is 0 Å². The zero-order chi connectivity index (χ0) is 25.3. The zero-order valence-electron chi connectivity index (χ0n) is 20.5. The van der Waals surface area contributed by atoms with Crippen LogP contribution in [0.2, 0.25) is 0 Å². The van der Waals surface area contributed by atoms with Crippen LogP contribution in [0.1, 0.15) is 18.9 Å². The smallest absolute Gasteiger partial charge is 0.308 e. The van der Waals surface area contributed by atoms with E-state index in [1.54, 1.807) is 35.4 Å². The maximum Gasteiger partial charge on any atom is 0.308 e. The summed E-state index contributed by atoms with van der Waals surface area (Å²) in [6.45, 7) is 2.10. The van der Waals surface area contributed by atoms with Gasteiger partial charge in [-0.05, 0) is 48.9 Å². The first-order valence-electron chi connectivity index (χ1n) is 11.0. The summed E-state index contributed by atoms with van der Waals surface area (Å²) in [5.74, 6) is 2.43. The molecule has 0 saturated heterocycles. The minimum Gasteiger partial charge on any atom is -0.497 e. The number of hydrogen-bond donors (Lipinski definition) is 0. The number of hydrogen-bond acceptors (Lipinski definition) is 8. The summed E-state index contributed by atoms with van der Waals surface area (Å²) in [4.78, 5) is 14.7. The number of benzene rings is 3. The second-order valence-electron chi connectivity index (χ2n) is 7.34. The Morgan fingerprint density at radius 1 is 0.743 bits per heavy atom. The van der Waals surface area contributed by atoms with Gasteiger partial charge in [-0.25, -0.2) is 0 Å². The lowest BCUT2D eigenvalue weighted by Gasteiger charge is -2.33. The number of esters is 1. The fourth-order valence-electron chi connectivity index (χ4n) is 3.49. The molecular weight excluding hydrogens is 484 g/mol. The van der Waals surface area contributed by atoms with E-state index in [0.29, 0.717) is 29.6 Å². The maximum absolute atomic E-state index is 13.0. The molecule has 0 atom stereocenters. The molecule has 0 aliphatic carbocycles. The van der Waals surface area contributed by atoms with Gasteiger partial charge in [0.1, 0.15) is 27.1 Å². The van der Waals surface area contributed by atoms with E-state index < -0.39 is 4.08 Å². The highest BCUT2D eigenvalue weighted by Gasteiger charge is 2.40. The predicted molar refractivity (Wildman–Crippen MR) is 140 cm³/mol. The third kappa shape index (κ3) is 6.58. The summed E-state index contributed by atoms with van der Waals surface area (Å²) in [6.07, 6.45) is 0.0981. The molecule has 3 aromatic carbocycles. The van der Waals surface area contributed by atoms with Crippen molar-refractivity contribution in [3.05, 3.63) is 72.3 Å². The minimum absolute atomic E-state index is 0.0981. The minimum atomic E-state index is -0.827. The largest absolute Gasteiger partial charge is 0.497 e. The molecule has 186 valence electrons. The third-order valence-corrected chi connectivity index (χ3v) is 8.18. The Morgan fingerprint density at radius 2 is 1.26 bits per heavy atom. The van der Waals surface area contributed by atoms with Crippen molar-refractivity contribution in [3.8, 4) is 23.0 Å². The lowest BCUT2D eigenvalue weighted by molar-refractivity contribution is -0.143. The molecule has 0 spiro atoms. The van der Waals surface area contributed by atoms with Crippen molar-refractivity contribution in [3.63, 3.8) is 0 Å². The highest BCUT2D eigenvalue weighted by molar-refractivity contribution is 8.17. The van der Waals surface area contributed by atoms with Crippen LogP contribution in [0.3, 0.4) is 0 Å². The fraction of sp³-hybridized carbons (Fsp3) is 0.296. The van der Waals surface area contributed by atoms with Crippen LogP contribution >= 0.6 is 23.5 Å². The third-order valence-electron chi connectivity index (χ3n) is 5.19. The van der Waals surface area contributed by atoms with E-state index in [1.165, 1.54) is 23.5 Å². The van der Waals surface area contributed by atoms with Crippen molar-refractivity contribution >= 4 is 29.5 Å². The molecule has 6 nitrogen and oxygen atoms in total. The summed E-state index contributed by atoms with van der Waals surface area (Å²) in [6, 6.07) is 21.1. The van der Waals surface area contributed by atoms with E-state index >= 15 is 0 Å². The van der Waals surface area contributed by atoms with Crippen molar-refractivity contribution in [1.29, 1.82) is 0 Å². The quantitative estimate of drug-likeness (QED) is 0.156. The SMILES string of the molecule is CCOC(=O)CC(Sc1cc(OC)ccc1OC)(Sc1cc(OC)ccc1OC)c1ccccc1. The predicted octanol–water partition coefficient (Wildman–Crippen LogP) is 6.41. The van der Waals surface area contributed by atoms with Crippen LogP contribution in [0.15, 0.2) is 76.5 Å². The van der Waals surface area contributed by atoms with Gasteiger partial charge in [-0.15, -0.1) is 0 Å². The van der Waals surface area contributed by atoms with Gasteiger partial charge >= 0.3 is 5.97 Å². The molecule has 0 bridgehead atoms. The van der Waals surface area contributed by atoms with E-state index in [2.05, 4.69) is 0 Å². The highest BCUT2D eigenvalue weighted by atomic mass is 32.2. The van der Waals surface area contributed by atoms with Gasteiger partial charge in [0.05, 0.1) is 51.3 Å². The van der Waals surface area contributed by atoms with E-state index in [-0.39, 0.29) is 12.4 Å². The zero-order valence-corrected chi connectivity index (χ0v) is 22.2. The summed E-state index contributed by atoms with van der Waals surface area (Å²) >= 11 is 3.02. The Morgan fingerprint density at radius 3 is 1.69 bits per heavy atom.